The summed E-state index contributed by atoms with van der Waals surface area (Å²) in [6.07, 6.45) is 0.692. The molecular formula is C29H35F3N4O3. The summed E-state index contributed by atoms with van der Waals surface area (Å²) in [7, 11) is 0. The lowest BCUT2D eigenvalue weighted by molar-refractivity contribution is -0.141. The molecule has 1 saturated heterocycles. The molecular weight excluding hydrogens is 509 g/mol. The molecule has 0 bridgehead atoms. The van der Waals surface area contributed by atoms with Crippen LogP contribution >= 0.6 is 0 Å². The Bertz CT molecular complexity index is 1270. The maximum absolute atomic E-state index is 14.8. The van der Waals surface area contributed by atoms with E-state index in [0.717, 1.165) is 23.8 Å². The fourth-order valence-corrected chi connectivity index (χ4v) is 5.29. The molecule has 1 aromatic heterocycles. The SMILES string of the molecule is CC(C)(CCO)[C@H](c1nc(-c2cc(F)ccc2F)cn1Cc1ccccc1)N(C[C@@H]1CNC[C@@H]1F)C(=O)CO. The van der Waals surface area contributed by atoms with E-state index in [0.29, 0.717) is 18.9 Å². The van der Waals surface area contributed by atoms with E-state index < -0.39 is 47.7 Å². The molecule has 1 fully saturated rings. The molecule has 3 aromatic rings. The quantitative estimate of drug-likeness (QED) is 0.343. The summed E-state index contributed by atoms with van der Waals surface area (Å²) >= 11 is 0. The Balaban J connectivity index is 1.90. The lowest BCUT2D eigenvalue weighted by Crippen LogP contribution is -2.48. The Morgan fingerprint density at radius 1 is 1.18 bits per heavy atom. The second-order valence-corrected chi connectivity index (χ2v) is 10.7. The van der Waals surface area contributed by atoms with Crippen LogP contribution in [0.1, 0.15) is 37.7 Å². The normalized spacial score (nSPS) is 18.3. The molecule has 7 nitrogen and oxygen atoms in total. The van der Waals surface area contributed by atoms with Crippen molar-refractivity contribution in [2.45, 2.75) is 39.0 Å². The molecule has 0 radical (unpaired) electrons. The van der Waals surface area contributed by atoms with Crippen LogP contribution in [0.5, 0.6) is 0 Å². The zero-order valence-corrected chi connectivity index (χ0v) is 22.2. The standard InChI is InChI=1S/C29H35F3N4O3/c1-29(2,10-11-37)27(36(26(39)18-38)16-20-13-33-14-24(20)32)28-34-25(22-12-21(30)8-9-23(22)31)17-35(28)15-19-6-4-3-5-7-19/h3-9,12,17,20,24,27,33,37-38H,10-11,13-16,18H2,1-2H3/t20-,24-,27-/m0/s1. The van der Waals surface area contributed by atoms with Crippen LogP contribution in [0, 0.1) is 23.0 Å². The van der Waals surface area contributed by atoms with Gasteiger partial charge < -0.3 is 25.0 Å². The highest BCUT2D eigenvalue weighted by molar-refractivity contribution is 5.78. The van der Waals surface area contributed by atoms with Gasteiger partial charge in [0, 0.05) is 50.5 Å². The number of aliphatic hydroxyl groups is 2. The van der Waals surface area contributed by atoms with E-state index in [4.69, 9.17) is 4.98 Å². The molecule has 0 spiro atoms. The topological polar surface area (TPSA) is 90.6 Å². The minimum atomic E-state index is -1.18. The molecule has 2 heterocycles. The second kappa shape index (κ2) is 12.3. The van der Waals surface area contributed by atoms with Gasteiger partial charge in [-0.25, -0.2) is 18.2 Å². The number of nitrogens with zero attached hydrogens (tertiary/aromatic N) is 3. The average molecular weight is 545 g/mol. The van der Waals surface area contributed by atoms with Gasteiger partial charge in [0.15, 0.2) is 0 Å². The van der Waals surface area contributed by atoms with Crippen molar-refractivity contribution in [3.63, 3.8) is 0 Å². The number of benzene rings is 2. The summed E-state index contributed by atoms with van der Waals surface area (Å²) in [4.78, 5) is 19.4. The van der Waals surface area contributed by atoms with E-state index in [-0.39, 0.29) is 37.4 Å². The summed E-state index contributed by atoms with van der Waals surface area (Å²) < 4.78 is 45.4. The molecule has 3 N–H and O–H groups in total. The smallest absolute Gasteiger partial charge is 0.248 e. The first-order valence-corrected chi connectivity index (χ1v) is 13.1. The van der Waals surface area contributed by atoms with Gasteiger partial charge in [-0.15, -0.1) is 0 Å². The number of halogens is 3. The first-order valence-electron chi connectivity index (χ1n) is 13.1. The highest BCUT2D eigenvalue weighted by Crippen LogP contribution is 2.42. The van der Waals surface area contributed by atoms with E-state index in [2.05, 4.69) is 5.32 Å². The van der Waals surface area contributed by atoms with Gasteiger partial charge in [-0.2, -0.15) is 0 Å². The van der Waals surface area contributed by atoms with Crippen molar-refractivity contribution in [1.29, 1.82) is 0 Å². The Kier molecular flexibility index (Phi) is 9.09. The van der Waals surface area contributed by atoms with E-state index in [9.17, 15) is 28.2 Å². The summed E-state index contributed by atoms with van der Waals surface area (Å²) in [6, 6.07) is 11.8. The number of carbonyl (C=O) groups is 1. The molecule has 210 valence electrons. The predicted molar refractivity (Wildman–Crippen MR) is 141 cm³/mol. The highest BCUT2D eigenvalue weighted by atomic mass is 19.1. The minimum Gasteiger partial charge on any atom is -0.396 e. The Hall–Kier alpha value is -3.21. The number of amides is 1. The van der Waals surface area contributed by atoms with Crippen LogP contribution in [0.3, 0.4) is 0 Å². The third-order valence-electron chi connectivity index (χ3n) is 7.40. The molecule has 3 atom stereocenters. The zero-order valence-electron chi connectivity index (χ0n) is 22.2. The number of aromatic nitrogens is 2. The van der Waals surface area contributed by atoms with Crippen molar-refractivity contribution in [1.82, 2.24) is 19.8 Å². The van der Waals surface area contributed by atoms with E-state index >= 15 is 0 Å². The van der Waals surface area contributed by atoms with Gasteiger partial charge >= 0.3 is 0 Å². The van der Waals surface area contributed by atoms with Crippen LogP contribution < -0.4 is 5.32 Å². The molecule has 0 aliphatic carbocycles. The lowest BCUT2D eigenvalue weighted by Gasteiger charge is -2.42. The van der Waals surface area contributed by atoms with Gasteiger partial charge in [0.2, 0.25) is 5.91 Å². The van der Waals surface area contributed by atoms with Crippen LogP contribution in [0.25, 0.3) is 11.3 Å². The fourth-order valence-electron chi connectivity index (χ4n) is 5.29. The van der Waals surface area contributed by atoms with Gasteiger partial charge in [0.25, 0.3) is 0 Å². The Morgan fingerprint density at radius 3 is 2.56 bits per heavy atom. The maximum Gasteiger partial charge on any atom is 0.248 e. The van der Waals surface area contributed by atoms with E-state index in [1.54, 1.807) is 10.8 Å². The van der Waals surface area contributed by atoms with Crippen molar-refractivity contribution >= 4 is 5.91 Å². The monoisotopic (exact) mass is 544 g/mol. The summed E-state index contributed by atoms with van der Waals surface area (Å²) in [5.41, 5.74) is 0.246. The number of hydrogen-bond donors (Lipinski definition) is 3. The van der Waals surface area contributed by atoms with Crippen molar-refractivity contribution in [3.05, 3.63) is 77.8 Å². The first kappa shape index (κ1) is 28.8. The van der Waals surface area contributed by atoms with Crippen molar-refractivity contribution in [2.75, 3.05) is 32.8 Å². The molecule has 1 aliphatic heterocycles. The molecule has 4 rings (SSSR count). The molecule has 39 heavy (non-hydrogen) atoms. The predicted octanol–water partition coefficient (Wildman–Crippen LogP) is 3.70. The number of rotatable bonds is 11. The van der Waals surface area contributed by atoms with Crippen LogP contribution in [0.4, 0.5) is 13.2 Å². The molecule has 1 aliphatic rings. The minimum absolute atomic E-state index is 0.00887. The van der Waals surface area contributed by atoms with Crippen LogP contribution in [-0.2, 0) is 11.3 Å². The Morgan fingerprint density at radius 2 is 1.92 bits per heavy atom. The molecule has 2 aromatic carbocycles. The number of hydrogen-bond acceptors (Lipinski definition) is 5. The average Bonchev–Trinajstić information content (AvgIpc) is 3.50. The van der Waals surface area contributed by atoms with Crippen LogP contribution in [0.15, 0.2) is 54.7 Å². The Labute approximate surface area is 226 Å². The van der Waals surface area contributed by atoms with Crippen LogP contribution in [0.2, 0.25) is 0 Å². The van der Waals surface area contributed by atoms with Gasteiger partial charge in [0.1, 0.15) is 30.2 Å². The summed E-state index contributed by atoms with van der Waals surface area (Å²) in [5, 5.41) is 22.8. The van der Waals surface area contributed by atoms with Crippen LogP contribution in [-0.4, -0.2) is 69.6 Å². The number of carbonyl (C=O) groups excluding carboxylic acids is 1. The lowest BCUT2D eigenvalue weighted by atomic mass is 9.79. The first-order chi connectivity index (χ1) is 18.6. The van der Waals surface area contributed by atoms with Gasteiger partial charge in [0.05, 0.1) is 11.7 Å². The van der Waals surface area contributed by atoms with E-state index in [1.807, 2.05) is 44.2 Å². The van der Waals surface area contributed by atoms with Crippen molar-refractivity contribution in [2.24, 2.45) is 11.3 Å². The summed E-state index contributed by atoms with van der Waals surface area (Å²) in [6.45, 7) is 3.58. The highest BCUT2D eigenvalue weighted by Gasteiger charge is 2.43. The molecule has 0 unspecified atom stereocenters. The zero-order chi connectivity index (χ0) is 28.2. The maximum atomic E-state index is 14.8. The molecule has 0 saturated carbocycles. The number of imidazole rings is 1. The summed E-state index contributed by atoms with van der Waals surface area (Å²) in [5.74, 6) is -2.04. The number of alkyl halides is 1. The van der Waals surface area contributed by atoms with Gasteiger partial charge in [-0.3, -0.25) is 4.79 Å². The van der Waals surface area contributed by atoms with Crippen molar-refractivity contribution in [3.8, 4) is 11.3 Å². The third-order valence-corrected chi connectivity index (χ3v) is 7.40. The molecule has 10 heteroatoms. The van der Waals surface area contributed by atoms with Crippen molar-refractivity contribution < 1.29 is 28.2 Å². The number of aliphatic hydroxyl groups excluding tert-OH is 2. The van der Waals surface area contributed by atoms with Gasteiger partial charge in [-0.1, -0.05) is 44.2 Å². The largest absolute Gasteiger partial charge is 0.396 e. The number of nitrogens with one attached hydrogen (secondary N) is 1. The fraction of sp³-hybridized carbons (Fsp3) is 0.448. The molecule has 1 amide bonds. The van der Waals surface area contributed by atoms with Gasteiger partial charge in [-0.05, 0) is 35.6 Å². The van der Waals surface area contributed by atoms with E-state index in [1.165, 1.54) is 4.90 Å². The third kappa shape index (κ3) is 6.51. The second-order valence-electron chi connectivity index (χ2n) is 10.7.